The average Bonchev–Trinajstić information content (AvgIpc) is 2.40. The number of carboxylic acid groups (broad SMARTS) is 1. The number of aryl methyl sites for hydroxylation is 1. The van der Waals surface area contributed by atoms with E-state index in [2.05, 4.69) is 0 Å². The van der Waals surface area contributed by atoms with Crippen LogP contribution in [-0.4, -0.2) is 11.1 Å². The molecule has 1 N–H and O–H groups in total. The molecule has 0 saturated heterocycles. The van der Waals surface area contributed by atoms with Crippen LogP contribution < -0.4 is 4.74 Å². The molecule has 0 spiro atoms. The van der Waals surface area contributed by atoms with Gasteiger partial charge < -0.3 is 9.84 Å². The Morgan fingerprint density at radius 2 is 1.80 bits per heavy atom. The highest BCUT2D eigenvalue weighted by atomic mass is 19.1. The summed E-state index contributed by atoms with van der Waals surface area (Å²) in [7, 11) is 0. The zero-order valence-corrected chi connectivity index (χ0v) is 10.8. The molecule has 0 heterocycles. The number of hydrogen-bond donors (Lipinski definition) is 1. The molecule has 0 saturated carbocycles. The number of carboxylic acids is 1. The molecule has 0 atom stereocenters. The van der Waals surface area contributed by atoms with Crippen LogP contribution in [0.3, 0.4) is 0 Å². The van der Waals surface area contributed by atoms with Crippen LogP contribution in [0, 0.1) is 12.7 Å². The van der Waals surface area contributed by atoms with Crippen LogP contribution in [0.25, 0.3) is 6.08 Å². The Kier molecular flexibility index (Phi) is 4.15. The quantitative estimate of drug-likeness (QED) is 0.855. The van der Waals surface area contributed by atoms with Crippen molar-refractivity contribution < 1.29 is 19.0 Å². The molecule has 0 aliphatic heterocycles. The number of ether oxygens (including phenoxy) is 1. The van der Waals surface area contributed by atoms with Gasteiger partial charge >= 0.3 is 5.97 Å². The maximum atomic E-state index is 12.8. The average molecular weight is 272 g/mol. The number of rotatable bonds is 4. The first-order chi connectivity index (χ1) is 9.54. The summed E-state index contributed by atoms with van der Waals surface area (Å²) in [6.45, 7) is 1.86. The van der Waals surface area contributed by atoms with Gasteiger partial charge in [-0.15, -0.1) is 0 Å². The second-order valence-corrected chi connectivity index (χ2v) is 4.25. The Labute approximate surface area is 115 Å². The van der Waals surface area contributed by atoms with Crippen LogP contribution >= 0.6 is 0 Å². The van der Waals surface area contributed by atoms with Gasteiger partial charge in [0.1, 0.15) is 17.3 Å². The number of carbonyl (C=O) groups is 1. The van der Waals surface area contributed by atoms with Crippen molar-refractivity contribution >= 4 is 12.0 Å². The van der Waals surface area contributed by atoms with Crippen LogP contribution in [0.5, 0.6) is 11.5 Å². The molecular formula is C16H13FO3. The van der Waals surface area contributed by atoms with Gasteiger partial charge in [0.25, 0.3) is 0 Å². The maximum absolute atomic E-state index is 12.8. The van der Waals surface area contributed by atoms with Crippen molar-refractivity contribution in [2.24, 2.45) is 0 Å². The fourth-order valence-corrected chi connectivity index (χ4v) is 1.70. The van der Waals surface area contributed by atoms with Crippen LogP contribution in [-0.2, 0) is 4.79 Å². The van der Waals surface area contributed by atoms with Gasteiger partial charge in [0, 0.05) is 6.08 Å². The van der Waals surface area contributed by atoms with Gasteiger partial charge in [-0.05, 0) is 60.5 Å². The highest BCUT2D eigenvalue weighted by Crippen LogP contribution is 2.24. The second kappa shape index (κ2) is 6.02. The molecular weight excluding hydrogens is 259 g/mol. The minimum atomic E-state index is -0.990. The van der Waals surface area contributed by atoms with E-state index in [0.717, 1.165) is 17.2 Å². The van der Waals surface area contributed by atoms with Gasteiger partial charge in [0.2, 0.25) is 0 Å². The van der Waals surface area contributed by atoms with E-state index in [1.165, 1.54) is 18.2 Å². The number of benzene rings is 2. The van der Waals surface area contributed by atoms with Crippen molar-refractivity contribution in [3.8, 4) is 11.5 Å². The molecule has 2 rings (SSSR count). The molecule has 102 valence electrons. The lowest BCUT2D eigenvalue weighted by atomic mass is 10.1. The van der Waals surface area contributed by atoms with Crippen LogP contribution in [0.15, 0.2) is 48.5 Å². The van der Waals surface area contributed by atoms with Crippen molar-refractivity contribution in [1.82, 2.24) is 0 Å². The summed E-state index contributed by atoms with van der Waals surface area (Å²) in [5, 5.41) is 8.60. The lowest BCUT2D eigenvalue weighted by molar-refractivity contribution is -0.131. The summed E-state index contributed by atoms with van der Waals surface area (Å²) in [6.07, 6.45) is 2.61. The van der Waals surface area contributed by atoms with E-state index in [4.69, 9.17) is 9.84 Å². The van der Waals surface area contributed by atoms with E-state index < -0.39 is 5.97 Å². The number of halogens is 1. The van der Waals surface area contributed by atoms with E-state index in [1.807, 2.05) is 6.92 Å². The standard InChI is InChI=1S/C16H13FO3/c1-11-10-15(6-2-12(11)3-9-16(18)19)20-14-7-4-13(17)5-8-14/h2-10H,1H3,(H,18,19). The predicted molar refractivity (Wildman–Crippen MR) is 74.3 cm³/mol. The molecule has 0 amide bonds. The van der Waals surface area contributed by atoms with E-state index in [-0.39, 0.29) is 5.82 Å². The molecule has 20 heavy (non-hydrogen) atoms. The van der Waals surface area contributed by atoms with Crippen molar-refractivity contribution in [3.63, 3.8) is 0 Å². The predicted octanol–water partition coefficient (Wildman–Crippen LogP) is 4.02. The lowest BCUT2D eigenvalue weighted by Gasteiger charge is -2.08. The topological polar surface area (TPSA) is 46.5 Å². The van der Waals surface area contributed by atoms with Crippen LogP contribution in [0.4, 0.5) is 4.39 Å². The normalized spacial score (nSPS) is 10.7. The van der Waals surface area contributed by atoms with E-state index >= 15 is 0 Å². The fraction of sp³-hybridized carbons (Fsp3) is 0.0625. The second-order valence-electron chi connectivity index (χ2n) is 4.25. The molecule has 0 unspecified atom stereocenters. The smallest absolute Gasteiger partial charge is 0.328 e. The van der Waals surface area contributed by atoms with Crippen molar-refractivity contribution in [1.29, 1.82) is 0 Å². The summed E-state index contributed by atoms with van der Waals surface area (Å²) in [4.78, 5) is 10.5. The molecule has 2 aromatic carbocycles. The van der Waals surface area contributed by atoms with E-state index in [9.17, 15) is 9.18 Å². The van der Waals surface area contributed by atoms with Gasteiger partial charge in [0.05, 0.1) is 0 Å². The van der Waals surface area contributed by atoms with Gasteiger partial charge in [-0.3, -0.25) is 0 Å². The third-order valence-corrected chi connectivity index (χ3v) is 2.70. The molecule has 0 aliphatic rings. The summed E-state index contributed by atoms with van der Waals surface area (Å²) < 4.78 is 18.4. The van der Waals surface area contributed by atoms with Crippen molar-refractivity contribution in [2.45, 2.75) is 6.92 Å². The Bertz CT molecular complexity index is 645. The Morgan fingerprint density at radius 3 is 2.40 bits per heavy atom. The molecule has 4 heteroatoms. The Morgan fingerprint density at radius 1 is 1.15 bits per heavy atom. The third kappa shape index (κ3) is 3.68. The summed E-state index contributed by atoms with van der Waals surface area (Å²) in [6, 6.07) is 11.0. The lowest BCUT2D eigenvalue weighted by Crippen LogP contribution is -1.89. The molecule has 0 aromatic heterocycles. The summed E-state index contributed by atoms with van der Waals surface area (Å²) in [5.74, 6) is -0.153. The van der Waals surface area contributed by atoms with Gasteiger partial charge in [-0.1, -0.05) is 6.07 Å². The summed E-state index contributed by atoms with van der Waals surface area (Å²) >= 11 is 0. The van der Waals surface area contributed by atoms with Gasteiger partial charge in [-0.25, -0.2) is 9.18 Å². The first-order valence-electron chi connectivity index (χ1n) is 6.00. The maximum Gasteiger partial charge on any atom is 0.328 e. The SMILES string of the molecule is Cc1cc(Oc2ccc(F)cc2)ccc1C=CC(=O)O. The molecule has 0 fully saturated rings. The van der Waals surface area contributed by atoms with Gasteiger partial charge in [-0.2, -0.15) is 0 Å². The van der Waals surface area contributed by atoms with E-state index in [0.29, 0.717) is 11.5 Å². The van der Waals surface area contributed by atoms with Crippen LogP contribution in [0.2, 0.25) is 0 Å². The number of hydrogen-bond acceptors (Lipinski definition) is 2. The Hall–Kier alpha value is -2.62. The van der Waals surface area contributed by atoms with Crippen molar-refractivity contribution in [3.05, 3.63) is 65.5 Å². The monoisotopic (exact) mass is 272 g/mol. The summed E-state index contributed by atoms with van der Waals surface area (Å²) in [5.41, 5.74) is 1.70. The molecule has 3 nitrogen and oxygen atoms in total. The minimum absolute atomic E-state index is 0.317. The largest absolute Gasteiger partial charge is 0.478 e. The van der Waals surface area contributed by atoms with Crippen LogP contribution in [0.1, 0.15) is 11.1 Å². The van der Waals surface area contributed by atoms with E-state index in [1.54, 1.807) is 30.3 Å². The zero-order valence-electron chi connectivity index (χ0n) is 10.8. The molecule has 2 aromatic rings. The first-order valence-corrected chi connectivity index (χ1v) is 6.00. The fourth-order valence-electron chi connectivity index (χ4n) is 1.70. The molecule has 0 bridgehead atoms. The highest BCUT2D eigenvalue weighted by Gasteiger charge is 2.01. The first kappa shape index (κ1) is 13.8. The van der Waals surface area contributed by atoms with Crippen molar-refractivity contribution in [2.75, 3.05) is 0 Å². The highest BCUT2D eigenvalue weighted by molar-refractivity contribution is 5.85. The molecule has 0 aliphatic carbocycles. The third-order valence-electron chi connectivity index (χ3n) is 2.70. The zero-order chi connectivity index (χ0) is 14.5. The Balaban J connectivity index is 2.16. The minimum Gasteiger partial charge on any atom is -0.478 e. The molecule has 0 radical (unpaired) electrons. The van der Waals surface area contributed by atoms with Gasteiger partial charge in [0.15, 0.2) is 0 Å². The number of aliphatic carboxylic acids is 1.